The summed E-state index contributed by atoms with van der Waals surface area (Å²) in [5, 5.41) is 11.4. The Balaban J connectivity index is 2.25. The number of quaternary nitrogens is 1. The normalized spacial score (nSPS) is 46.1. The zero-order valence-corrected chi connectivity index (χ0v) is 5.75. The molecule has 0 aromatic carbocycles. The third kappa shape index (κ3) is 0.697. The van der Waals surface area contributed by atoms with Gasteiger partial charge in [-0.05, 0) is 0 Å². The van der Waals surface area contributed by atoms with Crippen LogP contribution < -0.4 is 0 Å². The van der Waals surface area contributed by atoms with E-state index in [-0.39, 0.29) is 5.91 Å². The highest BCUT2D eigenvalue weighted by molar-refractivity contribution is 5.72. The van der Waals surface area contributed by atoms with Gasteiger partial charge in [-0.2, -0.15) is 0 Å². The largest absolute Gasteiger partial charge is 0.625 e. The lowest BCUT2D eigenvalue weighted by atomic mass is 10.2. The first-order chi connectivity index (χ1) is 4.71. The highest BCUT2D eigenvalue weighted by Gasteiger charge is 2.39. The van der Waals surface area contributed by atoms with E-state index in [0.29, 0.717) is 19.6 Å². The molecule has 56 valence electrons. The molecule has 0 aromatic rings. The molecule has 3 rings (SSSR count). The molecule has 0 aromatic heterocycles. The van der Waals surface area contributed by atoms with E-state index in [1.165, 1.54) is 0 Å². The Kier molecular flexibility index (Phi) is 1.12. The summed E-state index contributed by atoms with van der Waals surface area (Å²) in [5.41, 5.74) is 0. The third-order valence-electron chi connectivity index (χ3n) is 2.37. The Labute approximate surface area is 59.2 Å². The summed E-state index contributed by atoms with van der Waals surface area (Å²) >= 11 is 0. The maximum atomic E-state index is 11.4. The lowest BCUT2D eigenvalue weighted by molar-refractivity contribution is -0.817. The maximum Gasteiger partial charge on any atom is 0.327 e. The fourth-order valence-corrected chi connectivity index (χ4v) is 1.56. The van der Waals surface area contributed by atoms with E-state index < -0.39 is 4.65 Å². The molecule has 3 heterocycles. The highest BCUT2D eigenvalue weighted by Crippen LogP contribution is 2.18. The predicted octanol–water partition coefficient (Wildman–Crippen LogP) is -0.843. The molecule has 0 saturated carbocycles. The topological polar surface area (TPSA) is 43.4 Å². The molecule has 0 N–H and O–H groups in total. The summed E-state index contributed by atoms with van der Waals surface area (Å²) < 4.78 is -0.559. The SMILES string of the molecule is O=C1CN2CC[N+]1([O-])CC2. The van der Waals surface area contributed by atoms with Gasteiger partial charge in [0.1, 0.15) is 6.54 Å². The Morgan fingerprint density at radius 2 is 2.00 bits per heavy atom. The monoisotopic (exact) mass is 142 g/mol. The van der Waals surface area contributed by atoms with Gasteiger partial charge in [-0.1, -0.05) is 0 Å². The molecular formula is C6H10N2O2. The summed E-state index contributed by atoms with van der Waals surface area (Å²) in [4.78, 5) is 13.0. The number of fused-ring (bicyclic) bond motifs is 3. The second kappa shape index (κ2) is 1.78. The fraction of sp³-hybridized carbons (Fsp3) is 0.833. The number of hydrogen-bond acceptors (Lipinski definition) is 3. The van der Waals surface area contributed by atoms with Crippen molar-refractivity contribution in [1.82, 2.24) is 4.90 Å². The van der Waals surface area contributed by atoms with Crippen LogP contribution in [0.3, 0.4) is 0 Å². The Morgan fingerprint density at radius 1 is 1.40 bits per heavy atom. The third-order valence-corrected chi connectivity index (χ3v) is 2.37. The van der Waals surface area contributed by atoms with Gasteiger partial charge >= 0.3 is 5.91 Å². The van der Waals surface area contributed by atoms with E-state index in [2.05, 4.69) is 0 Å². The summed E-state index contributed by atoms with van der Waals surface area (Å²) in [6, 6.07) is 0. The molecule has 0 radical (unpaired) electrons. The van der Waals surface area contributed by atoms with Crippen LogP contribution in [-0.4, -0.2) is 48.2 Å². The second-order valence-corrected chi connectivity index (χ2v) is 3.01. The van der Waals surface area contributed by atoms with E-state index in [1.807, 2.05) is 4.90 Å². The van der Waals surface area contributed by atoms with Gasteiger partial charge in [-0.3, -0.25) is 9.55 Å². The van der Waals surface area contributed by atoms with Crippen LogP contribution in [0.1, 0.15) is 0 Å². The summed E-state index contributed by atoms with van der Waals surface area (Å²) in [5.74, 6) is -0.155. The van der Waals surface area contributed by atoms with Gasteiger partial charge in [0.05, 0.1) is 13.1 Å². The number of hydroxylamine groups is 3. The van der Waals surface area contributed by atoms with Crippen molar-refractivity contribution < 1.29 is 9.44 Å². The molecule has 3 aliphatic rings. The van der Waals surface area contributed by atoms with Crippen molar-refractivity contribution >= 4 is 5.91 Å². The van der Waals surface area contributed by atoms with Crippen molar-refractivity contribution in [1.29, 1.82) is 0 Å². The van der Waals surface area contributed by atoms with Crippen LogP contribution in [0.2, 0.25) is 0 Å². The van der Waals surface area contributed by atoms with Crippen molar-refractivity contribution in [2.45, 2.75) is 0 Å². The van der Waals surface area contributed by atoms with Crippen molar-refractivity contribution in [3.63, 3.8) is 0 Å². The molecule has 2 bridgehead atoms. The summed E-state index contributed by atoms with van der Waals surface area (Å²) in [6.45, 7) is 2.92. The minimum atomic E-state index is -0.559. The average molecular weight is 142 g/mol. The fourth-order valence-electron chi connectivity index (χ4n) is 1.56. The van der Waals surface area contributed by atoms with Gasteiger partial charge in [0, 0.05) is 13.1 Å². The van der Waals surface area contributed by atoms with E-state index in [9.17, 15) is 10.0 Å². The second-order valence-electron chi connectivity index (χ2n) is 3.01. The molecule has 3 aliphatic heterocycles. The van der Waals surface area contributed by atoms with Gasteiger partial charge in [-0.25, -0.2) is 4.79 Å². The molecule has 0 unspecified atom stereocenters. The van der Waals surface area contributed by atoms with Crippen LogP contribution in [-0.2, 0) is 4.79 Å². The minimum Gasteiger partial charge on any atom is -0.625 e. The molecule has 0 aliphatic carbocycles. The number of nitrogens with zero attached hydrogens (tertiary/aromatic N) is 2. The molecule has 0 atom stereocenters. The average Bonchev–Trinajstić information content (AvgIpc) is 1.92. The van der Waals surface area contributed by atoms with Crippen LogP contribution in [0.4, 0.5) is 0 Å². The van der Waals surface area contributed by atoms with E-state index in [4.69, 9.17) is 0 Å². The van der Waals surface area contributed by atoms with Crippen LogP contribution >= 0.6 is 0 Å². The lowest BCUT2D eigenvalue weighted by Crippen LogP contribution is -2.67. The van der Waals surface area contributed by atoms with Crippen LogP contribution in [0.5, 0.6) is 0 Å². The smallest absolute Gasteiger partial charge is 0.327 e. The molecule has 3 fully saturated rings. The molecule has 4 nitrogen and oxygen atoms in total. The molecule has 3 saturated heterocycles. The van der Waals surface area contributed by atoms with Crippen molar-refractivity contribution in [3.8, 4) is 0 Å². The van der Waals surface area contributed by atoms with Gasteiger partial charge < -0.3 is 5.21 Å². The lowest BCUT2D eigenvalue weighted by Gasteiger charge is -2.50. The number of piperazine rings is 3. The maximum absolute atomic E-state index is 11.4. The predicted molar refractivity (Wildman–Crippen MR) is 34.8 cm³/mol. The zero-order valence-electron chi connectivity index (χ0n) is 5.75. The standard InChI is InChI=1S/C6H10N2O2/c9-6-5-7-1-3-8(6,10)4-2-7/h1-5H2. The van der Waals surface area contributed by atoms with Crippen LogP contribution in [0, 0.1) is 5.21 Å². The van der Waals surface area contributed by atoms with Crippen molar-refractivity contribution in [2.75, 3.05) is 32.7 Å². The molecular weight excluding hydrogens is 132 g/mol. The summed E-state index contributed by atoms with van der Waals surface area (Å²) in [7, 11) is 0. The number of hydrogen-bond donors (Lipinski definition) is 0. The number of amides is 1. The van der Waals surface area contributed by atoms with Crippen LogP contribution in [0.15, 0.2) is 0 Å². The van der Waals surface area contributed by atoms with Crippen molar-refractivity contribution in [3.05, 3.63) is 5.21 Å². The quantitative estimate of drug-likeness (QED) is 0.327. The molecule has 1 amide bonds. The van der Waals surface area contributed by atoms with E-state index in [0.717, 1.165) is 13.1 Å². The zero-order chi connectivity index (χ0) is 7.19. The minimum absolute atomic E-state index is 0.155. The van der Waals surface area contributed by atoms with E-state index in [1.54, 1.807) is 0 Å². The van der Waals surface area contributed by atoms with Crippen molar-refractivity contribution in [2.24, 2.45) is 0 Å². The molecule has 4 heteroatoms. The molecule has 10 heavy (non-hydrogen) atoms. The first-order valence-corrected chi connectivity index (χ1v) is 3.54. The first kappa shape index (κ1) is 6.27. The van der Waals surface area contributed by atoms with Gasteiger partial charge in [0.2, 0.25) is 0 Å². The number of carbonyl (C=O) groups is 1. The first-order valence-electron chi connectivity index (χ1n) is 3.54. The summed E-state index contributed by atoms with van der Waals surface area (Å²) in [6.07, 6.45) is 0. The van der Waals surface area contributed by atoms with Crippen LogP contribution in [0.25, 0.3) is 0 Å². The highest BCUT2D eigenvalue weighted by atomic mass is 16.6. The number of rotatable bonds is 0. The van der Waals surface area contributed by atoms with E-state index >= 15 is 0 Å². The van der Waals surface area contributed by atoms with Gasteiger partial charge in [0.25, 0.3) is 0 Å². The molecule has 0 spiro atoms. The Hall–Kier alpha value is -0.450. The Morgan fingerprint density at radius 3 is 2.30 bits per heavy atom. The van der Waals surface area contributed by atoms with Gasteiger partial charge in [-0.15, -0.1) is 0 Å². The Bertz CT molecular complexity index is 173. The van der Waals surface area contributed by atoms with Gasteiger partial charge in [0.15, 0.2) is 0 Å². The number of carbonyl (C=O) groups excluding carboxylic acids is 1.